The molecule has 0 spiro atoms. The highest BCUT2D eigenvalue weighted by Crippen LogP contribution is 2.22. The van der Waals surface area contributed by atoms with Crippen molar-refractivity contribution in [2.75, 3.05) is 26.2 Å². The number of amides is 1. The smallest absolute Gasteiger partial charge is 0.227 e. The molecule has 0 radical (unpaired) electrons. The lowest BCUT2D eigenvalue weighted by Crippen LogP contribution is -2.37. The van der Waals surface area contributed by atoms with Gasteiger partial charge in [0.25, 0.3) is 0 Å². The third-order valence-electron chi connectivity index (χ3n) is 5.16. The van der Waals surface area contributed by atoms with Crippen LogP contribution in [0, 0.1) is 13.8 Å². The van der Waals surface area contributed by atoms with Gasteiger partial charge in [0.2, 0.25) is 5.91 Å². The average Bonchev–Trinajstić information content (AvgIpc) is 3.15. The normalized spacial score (nSPS) is 23.2. The van der Waals surface area contributed by atoms with E-state index in [1.165, 1.54) is 25.9 Å². The van der Waals surface area contributed by atoms with E-state index in [-0.39, 0.29) is 5.91 Å². The SMILES string of the molecule is Cc1nn(C)c(C)c1CC(=O)N1CC[C@@H](N2CCCC2)C1. The van der Waals surface area contributed by atoms with Crippen LogP contribution >= 0.6 is 0 Å². The largest absolute Gasteiger partial charge is 0.341 e. The van der Waals surface area contributed by atoms with Gasteiger partial charge >= 0.3 is 0 Å². The predicted molar refractivity (Wildman–Crippen MR) is 82.2 cm³/mol. The summed E-state index contributed by atoms with van der Waals surface area (Å²) in [7, 11) is 1.94. The molecule has 21 heavy (non-hydrogen) atoms. The molecule has 0 aliphatic carbocycles. The molecule has 5 nitrogen and oxygen atoms in total. The van der Waals surface area contributed by atoms with Crippen molar-refractivity contribution in [2.45, 2.75) is 45.6 Å². The molecule has 1 aromatic rings. The van der Waals surface area contributed by atoms with E-state index >= 15 is 0 Å². The van der Waals surface area contributed by atoms with Crippen LogP contribution in [0.2, 0.25) is 0 Å². The van der Waals surface area contributed by atoms with Gasteiger partial charge < -0.3 is 4.90 Å². The van der Waals surface area contributed by atoms with Crippen molar-refractivity contribution in [3.63, 3.8) is 0 Å². The van der Waals surface area contributed by atoms with Gasteiger partial charge in [-0.3, -0.25) is 14.4 Å². The van der Waals surface area contributed by atoms with Crippen LogP contribution in [0.4, 0.5) is 0 Å². The van der Waals surface area contributed by atoms with E-state index in [1.54, 1.807) is 0 Å². The molecule has 116 valence electrons. The summed E-state index contributed by atoms with van der Waals surface area (Å²) in [5.41, 5.74) is 3.20. The molecule has 0 unspecified atom stereocenters. The van der Waals surface area contributed by atoms with Crippen molar-refractivity contribution in [2.24, 2.45) is 7.05 Å². The van der Waals surface area contributed by atoms with Crippen molar-refractivity contribution in [1.82, 2.24) is 19.6 Å². The quantitative estimate of drug-likeness (QED) is 0.842. The fourth-order valence-electron chi connectivity index (χ4n) is 3.71. The minimum absolute atomic E-state index is 0.260. The van der Waals surface area contributed by atoms with E-state index in [4.69, 9.17) is 0 Å². The number of likely N-dealkylation sites (tertiary alicyclic amines) is 2. The predicted octanol–water partition coefficient (Wildman–Crippen LogP) is 1.28. The summed E-state index contributed by atoms with van der Waals surface area (Å²) in [6.07, 6.45) is 4.27. The maximum Gasteiger partial charge on any atom is 0.227 e. The molecular formula is C16H26N4O. The second-order valence-corrected chi connectivity index (χ2v) is 6.48. The van der Waals surface area contributed by atoms with Gasteiger partial charge in [-0.25, -0.2) is 0 Å². The van der Waals surface area contributed by atoms with E-state index in [2.05, 4.69) is 14.9 Å². The Bertz CT molecular complexity index is 531. The summed E-state index contributed by atoms with van der Waals surface area (Å²) < 4.78 is 1.87. The van der Waals surface area contributed by atoms with E-state index < -0.39 is 0 Å². The van der Waals surface area contributed by atoms with Gasteiger partial charge in [-0.2, -0.15) is 5.10 Å². The van der Waals surface area contributed by atoms with E-state index in [0.29, 0.717) is 12.5 Å². The molecule has 1 atom stereocenters. The number of rotatable bonds is 3. The summed E-state index contributed by atoms with van der Waals surface area (Å²) in [6, 6.07) is 0.590. The van der Waals surface area contributed by atoms with Crippen molar-refractivity contribution in [3.05, 3.63) is 17.0 Å². The van der Waals surface area contributed by atoms with Gasteiger partial charge in [-0.1, -0.05) is 0 Å². The van der Waals surface area contributed by atoms with Gasteiger partial charge in [-0.15, -0.1) is 0 Å². The van der Waals surface area contributed by atoms with Crippen LogP contribution in [0.25, 0.3) is 0 Å². The lowest BCUT2D eigenvalue weighted by molar-refractivity contribution is -0.129. The van der Waals surface area contributed by atoms with E-state index in [9.17, 15) is 4.79 Å². The van der Waals surface area contributed by atoms with Crippen LogP contribution in [0.5, 0.6) is 0 Å². The second kappa shape index (κ2) is 5.79. The number of nitrogens with zero attached hydrogens (tertiary/aromatic N) is 4. The van der Waals surface area contributed by atoms with Gasteiger partial charge in [0.15, 0.2) is 0 Å². The van der Waals surface area contributed by atoms with Crippen LogP contribution < -0.4 is 0 Å². The lowest BCUT2D eigenvalue weighted by atomic mass is 10.1. The zero-order valence-electron chi connectivity index (χ0n) is 13.4. The summed E-state index contributed by atoms with van der Waals surface area (Å²) in [4.78, 5) is 17.2. The number of hydrogen-bond donors (Lipinski definition) is 0. The van der Waals surface area contributed by atoms with Crippen LogP contribution in [0.3, 0.4) is 0 Å². The Hall–Kier alpha value is -1.36. The molecule has 1 aromatic heterocycles. The van der Waals surface area contributed by atoms with Crippen LogP contribution in [0.1, 0.15) is 36.2 Å². The van der Waals surface area contributed by atoms with E-state index in [1.807, 2.05) is 25.6 Å². The standard InChI is InChI=1S/C16H26N4O/c1-12-15(13(2)18(3)17-12)10-16(21)20-9-6-14(11-20)19-7-4-5-8-19/h14H,4-11H2,1-3H3/t14-/m1/s1. The molecule has 5 heteroatoms. The molecule has 1 amide bonds. The van der Waals surface area contributed by atoms with Gasteiger partial charge in [-0.05, 0) is 46.2 Å². The molecule has 0 N–H and O–H groups in total. The number of aryl methyl sites for hydroxylation is 2. The first-order valence-electron chi connectivity index (χ1n) is 8.07. The second-order valence-electron chi connectivity index (χ2n) is 6.48. The Morgan fingerprint density at radius 1 is 1.24 bits per heavy atom. The van der Waals surface area contributed by atoms with Crippen molar-refractivity contribution in [1.29, 1.82) is 0 Å². The van der Waals surface area contributed by atoms with Gasteiger partial charge in [0.05, 0.1) is 12.1 Å². The molecule has 2 saturated heterocycles. The van der Waals surface area contributed by atoms with Crippen LogP contribution in [0.15, 0.2) is 0 Å². The minimum atomic E-state index is 0.260. The number of carbonyl (C=O) groups is 1. The Labute approximate surface area is 126 Å². The molecule has 3 heterocycles. The summed E-state index contributed by atoms with van der Waals surface area (Å²) >= 11 is 0. The third kappa shape index (κ3) is 2.84. The average molecular weight is 290 g/mol. The molecular weight excluding hydrogens is 264 g/mol. The van der Waals surface area contributed by atoms with Gasteiger partial charge in [0.1, 0.15) is 0 Å². The fourth-order valence-corrected chi connectivity index (χ4v) is 3.71. The number of carbonyl (C=O) groups excluding carboxylic acids is 1. The maximum atomic E-state index is 12.6. The Morgan fingerprint density at radius 2 is 1.95 bits per heavy atom. The molecule has 0 aromatic carbocycles. The summed E-state index contributed by atoms with van der Waals surface area (Å²) in [5.74, 6) is 0.260. The minimum Gasteiger partial charge on any atom is -0.341 e. The number of aromatic nitrogens is 2. The highest BCUT2D eigenvalue weighted by atomic mass is 16.2. The zero-order chi connectivity index (χ0) is 15.0. The molecule has 0 bridgehead atoms. The Morgan fingerprint density at radius 3 is 2.57 bits per heavy atom. The first-order chi connectivity index (χ1) is 10.1. The monoisotopic (exact) mass is 290 g/mol. The topological polar surface area (TPSA) is 41.4 Å². The highest BCUT2D eigenvalue weighted by molar-refractivity contribution is 5.79. The van der Waals surface area contributed by atoms with E-state index in [0.717, 1.165) is 36.5 Å². The molecule has 2 fully saturated rings. The molecule has 0 saturated carbocycles. The summed E-state index contributed by atoms with van der Waals surface area (Å²) in [5, 5.41) is 4.41. The first-order valence-corrected chi connectivity index (χ1v) is 8.07. The molecule has 3 rings (SSSR count). The highest BCUT2D eigenvalue weighted by Gasteiger charge is 2.31. The fraction of sp³-hybridized carbons (Fsp3) is 0.750. The van der Waals surface area contributed by atoms with Crippen molar-refractivity contribution >= 4 is 5.91 Å². The zero-order valence-corrected chi connectivity index (χ0v) is 13.4. The molecule has 2 aliphatic rings. The van der Waals surface area contributed by atoms with Crippen LogP contribution in [-0.2, 0) is 18.3 Å². The Balaban J connectivity index is 1.61. The van der Waals surface area contributed by atoms with Crippen molar-refractivity contribution in [3.8, 4) is 0 Å². The van der Waals surface area contributed by atoms with Crippen LogP contribution in [-0.4, -0.2) is 57.7 Å². The Kier molecular flexibility index (Phi) is 4.02. The van der Waals surface area contributed by atoms with Crippen molar-refractivity contribution < 1.29 is 4.79 Å². The summed E-state index contributed by atoms with van der Waals surface area (Å²) in [6.45, 7) is 8.29. The maximum absolute atomic E-state index is 12.6. The van der Waals surface area contributed by atoms with Gasteiger partial charge in [0, 0.05) is 37.4 Å². The third-order valence-corrected chi connectivity index (χ3v) is 5.16. The lowest BCUT2D eigenvalue weighted by Gasteiger charge is -2.23. The number of hydrogen-bond acceptors (Lipinski definition) is 3. The molecule has 2 aliphatic heterocycles. The first kappa shape index (κ1) is 14.6.